The number of ketones is 1. The fourth-order valence-corrected chi connectivity index (χ4v) is 3.42. The molecule has 1 N–H and O–H groups in total. The van der Waals surface area contributed by atoms with E-state index < -0.39 is 11.7 Å². The van der Waals surface area contributed by atoms with Gasteiger partial charge in [0, 0.05) is 18.2 Å². The van der Waals surface area contributed by atoms with Crippen molar-refractivity contribution in [2.75, 3.05) is 21.3 Å². The van der Waals surface area contributed by atoms with E-state index in [1.54, 1.807) is 4.90 Å². The maximum atomic E-state index is 12.9. The predicted molar refractivity (Wildman–Crippen MR) is 121 cm³/mol. The maximum Gasteiger partial charge on any atom is 0.295 e. The molecule has 0 spiro atoms. The van der Waals surface area contributed by atoms with E-state index >= 15 is 0 Å². The summed E-state index contributed by atoms with van der Waals surface area (Å²) in [5.41, 5.74) is 2.50. The van der Waals surface area contributed by atoms with Gasteiger partial charge in [0.05, 0.1) is 21.3 Å². The van der Waals surface area contributed by atoms with Crippen LogP contribution in [0.2, 0.25) is 0 Å². The lowest BCUT2D eigenvalue weighted by atomic mass is 9.94. The summed E-state index contributed by atoms with van der Waals surface area (Å²) in [4.78, 5) is 35.8. The molecule has 0 radical (unpaired) electrons. The number of rotatable bonds is 5. The molecule has 1 amide bonds. The zero-order chi connectivity index (χ0) is 24.3. The van der Waals surface area contributed by atoms with Crippen LogP contribution in [0.1, 0.15) is 42.3 Å². The molecular weight excluding hydrogens is 414 g/mol. The van der Waals surface area contributed by atoms with Crippen LogP contribution in [-0.2, 0) is 22.6 Å². The Balaban J connectivity index is 0.000000944. The third-order valence-electron chi connectivity index (χ3n) is 4.89. The van der Waals surface area contributed by atoms with E-state index in [9.17, 15) is 9.59 Å². The highest BCUT2D eigenvalue weighted by molar-refractivity contribution is 6.42. The van der Waals surface area contributed by atoms with Gasteiger partial charge in [-0.3, -0.25) is 14.4 Å². The van der Waals surface area contributed by atoms with Gasteiger partial charge < -0.3 is 24.2 Å². The predicted octanol–water partition coefficient (Wildman–Crippen LogP) is 3.60. The molecule has 0 aliphatic carbocycles. The van der Waals surface area contributed by atoms with Crippen LogP contribution < -0.4 is 14.2 Å². The first kappa shape index (κ1) is 26.5. The van der Waals surface area contributed by atoms with Gasteiger partial charge in [-0.05, 0) is 36.6 Å². The fraction of sp³-hybridized carbons (Fsp3) is 0.375. The first-order valence-corrected chi connectivity index (χ1v) is 10.2. The highest BCUT2D eigenvalue weighted by atomic mass is 16.5. The van der Waals surface area contributed by atoms with Gasteiger partial charge in [-0.2, -0.15) is 0 Å². The maximum absolute atomic E-state index is 12.9. The number of hydrogen-bond acceptors (Lipinski definition) is 6. The molecule has 1 aliphatic heterocycles. The molecule has 1 heterocycles. The van der Waals surface area contributed by atoms with E-state index in [1.807, 2.05) is 39.0 Å². The van der Waals surface area contributed by atoms with Gasteiger partial charge in [0.25, 0.3) is 18.2 Å². The van der Waals surface area contributed by atoms with Crippen LogP contribution in [0.15, 0.2) is 36.4 Å². The second-order valence-electron chi connectivity index (χ2n) is 6.60. The quantitative estimate of drug-likeness (QED) is 0.426. The topological polar surface area (TPSA) is 102 Å². The van der Waals surface area contributed by atoms with Crippen molar-refractivity contribution in [2.24, 2.45) is 0 Å². The van der Waals surface area contributed by atoms with Crippen molar-refractivity contribution in [3.8, 4) is 17.2 Å². The van der Waals surface area contributed by atoms with E-state index in [1.165, 1.54) is 39.0 Å². The smallest absolute Gasteiger partial charge is 0.295 e. The summed E-state index contributed by atoms with van der Waals surface area (Å²) in [7, 11) is 4.42. The molecule has 0 saturated carbocycles. The molecule has 1 atom stereocenters. The van der Waals surface area contributed by atoms with Crippen molar-refractivity contribution in [2.45, 2.75) is 39.8 Å². The van der Waals surface area contributed by atoms with Crippen molar-refractivity contribution in [3.63, 3.8) is 0 Å². The Bertz CT molecular complexity index is 901. The van der Waals surface area contributed by atoms with Crippen LogP contribution in [0.3, 0.4) is 0 Å². The third kappa shape index (κ3) is 6.00. The minimum absolute atomic E-state index is 0.0570. The number of benzene rings is 2. The molecule has 2 aromatic carbocycles. The molecule has 32 heavy (non-hydrogen) atoms. The molecule has 1 aliphatic rings. The fourth-order valence-electron chi connectivity index (χ4n) is 3.42. The summed E-state index contributed by atoms with van der Waals surface area (Å²) >= 11 is 0. The van der Waals surface area contributed by atoms with Gasteiger partial charge in [0.2, 0.25) is 5.75 Å². The number of carboxylic acid groups (broad SMARTS) is 1. The number of amides is 1. The molecule has 0 bridgehead atoms. The summed E-state index contributed by atoms with van der Waals surface area (Å²) in [6.07, 6.45) is 0.727. The summed E-state index contributed by atoms with van der Waals surface area (Å²) in [6.45, 7) is 6.13. The van der Waals surface area contributed by atoms with Crippen LogP contribution in [0.25, 0.3) is 0 Å². The summed E-state index contributed by atoms with van der Waals surface area (Å²) in [5, 5.41) is 6.89. The van der Waals surface area contributed by atoms with Crippen LogP contribution in [0, 0.1) is 0 Å². The molecular formula is C24H31NO7. The molecule has 2 aromatic rings. The van der Waals surface area contributed by atoms with E-state index in [0.29, 0.717) is 23.8 Å². The molecule has 0 aromatic heterocycles. The Morgan fingerprint density at radius 1 is 1.00 bits per heavy atom. The second-order valence-corrected chi connectivity index (χ2v) is 6.60. The molecule has 3 rings (SSSR count). The van der Waals surface area contributed by atoms with Gasteiger partial charge in [-0.15, -0.1) is 0 Å². The molecule has 0 fully saturated rings. The number of carbonyl (C=O) groups is 3. The number of hydrogen-bond donors (Lipinski definition) is 1. The Kier molecular flexibility index (Phi) is 10.8. The highest BCUT2D eigenvalue weighted by Crippen LogP contribution is 2.38. The molecule has 0 saturated heterocycles. The van der Waals surface area contributed by atoms with Gasteiger partial charge in [0.15, 0.2) is 11.5 Å². The first-order valence-electron chi connectivity index (χ1n) is 10.2. The molecule has 174 valence electrons. The average Bonchev–Trinajstić information content (AvgIpc) is 2.83. The summed E-state index contributed by atoms with van der Waals surface area (Å²) in [5.74, 6) is -0.0777. The lowest BCUT2D eigenvalue weighted by Gasteiger charge is -2.34. The Labute approximate surface area is 188 Å². The van der Waals surface area contributed by atoms with Crippen molar-refractivity contribution < 1.29 is 33.7 Å². The van der Waals surface area contributed by atoms with Gasteiger partial charge in [-0.25, -0.2) is 0 Å². The minimum atomic E-state index is -0.597. The summed E-state index contributed by atoms with van der Waals surface area (Å²) < 4.78 is 15.8. The van der Waals surface area contributed by atoms with Crippen LogP contribution in [-0.4, -0.2) is 55.5 Å². The van der Waals surface area contributed by atoms with Crippen LogP contribution in [0.5, 0.6) is 17.2 Å². The third-order valence-corrected chi connectivity index (χ3v) is 4.89. The first-order chi connectivity index (χ1) is 15.4. The van der Waals surface area contributed by atoms with Crippen LogP contribution >= 0.6 is 0 Å². The van der Waals surface area contributed by atoms with Gasteiger partial charge in [0.1, 0.15) is 0 Å². The second kappa shape index (κ2) is 13.0. The van der Waals surface area contributed by atoms with E-state index in [0.717, 1.165) is 12.0 Å². The van der Waals surface area contributed by atoms with Gasteiger partial charge in [-0.1, -0.05) is 38.1 Å². The number of methoxy groups -OCH3 is 3. The Morgan fingerprint density at radius 3 is 1.97 bits per heavy atom. The normalized spacial score (nSPS) is 13.8. The van der Waals surface area contributed by atoms with E-state index in [-0.39, 0.29) is 18.1 Å². The number of fused-ring (bicyclic) bond motifs is 1. The minimum Gasteiger partial charge on any atom is -0.493 e. The largest absolute Gasteiger partial charge is 0.493 e. The Morgan fingerprint density at radius 2 is 1.50 bits per heavy atom. The van der Waals surface area contributed by atoms with Crippen molar-refractivity contribution >= 4 is 18.2 Å². The van der Waals surface area contributed by atoms with Crippen molar-refractivity contribution in [1.29, 1.82) is 0 Å². The summed E-state index contributed by atoms with van der Waals surface area (Å²) in [6, 6.07) is 10.9. The van der Waals surface area contributed by atoms with E-state index in [2.05, 4.69) is 6.07 Å². The van der Waals surface area contributed by atoms with E-state index in [4.69, 9.17) is 24.1 Å². The lowest BCUT2D eigenvalue weighted by molar-refractivity contribution is -0.129. The molecule has 1 unspecified atom stereocenters. The molecule has 8 heteroatoms. The number of Topliss-reactive ketones (excluding diaryl/α,β-unsaturated/α-hetero) is 1. The highest BCUT2D eigenvalue weighted by Gasteiger charge is 2.32. The zero-order valence-corrected chi connectivity index (χ0v) is 19.4. The average molecular weight is 446 g/mol. The van der Waals surface area contributed by atoms with Crippen LogP contribution in [0.4, 0.5) is 0 Å². The number of carbonyl (C=O) groups excluding carboxylic acids is 2. The van der Waals surface area contributed by atoms with Crippen molar-refractivity contribution in [3.05, 3.63) is 53.1 Å². The molecule has 8 nitrogen and oxygen atoms in total. The van der Waals surface area contributed by atoms with Gasteiger partial charge >= 0.3 is 0 Å². The van der Waals surface area contributed by atoms with Crippen molar-refractivity contribution in [1.82, 2.24) is 4.90 Å². The Hall–Kier alpha value is -3.55. The SMILES string of the molecule is CC.COc1cc(C(=O)C(=O)N2Cc3ccccc3CC2C)cc(OC)c1OC.O=CO. The number of nitrogens with zero attached hydrogens (tertiary/aromatic N) is 1. The standard InChI is InChI=1S/C21H23NO5.C2H6.CH2O2/c1-13-9-14-7-5-6-8-15(14)12-22(13)21(24)19(23)16-10-17(25-2)20(27-4)18(11-16)26-3;1-2;2-1-3/h5-8,10-11,13H,9,12H2,1-4H3;1-2H3;1H,(H,2,3). The zero-order valence-electron chi connectivity index (χ0n) is 19.4. The lowest BCUT2D eigenvalue weighted by Crippen LogP contribution is -2.45. The monoisotopic (exact) mass is 445 g/mol. The number of ether oxygens (including phenoxy) is 3.